The fraction of sp³-hybridized carbons (Fsp3) is 0.348. The third-order valence-electron chi connectivity index (χ3n) is 5.72. The smallest absolute Gasteiger partial charge is 0.243 e. The molecule has 0 spiro atoms. The molecule has 0 radical (unpaired) electrons. The van der Waals surface area contributed by atoms with Gasteiger partial charge < -0.3 is 20.3 Å². The third-order valence-corrected chi connectivity index (χ3v) is 7.64. The minimum atomic E-state index is -3.61. The number of nitrogens with zero attached hydrogens (tertiary/aromatic N) is 2. The molecule has 1 atom stereocenters. The van der Waals surface area contributed by atoms with Crippen molar-refractivity contribution in [3.05, 3.63) is 48.5 Å². The molecule has 180 valence electrons. The molecule has 34 heavy (non-hydrogen) atoms. The van der Waals surface area contributed by atoms with Crippen LogP contribution < -0.4 is 15.5 Å². The van der Waals surface area contributed by atoms with Crippen molar-refractivity contribution in [3.63, 3.8) is 0 Å². The molecular weight excluding hydrogens is 460 g/mol. The molecule has 1 unspecified atom stereocenters. The van der Waals surface area contributed by atoms with Crippen LogP contribution in [0.5, 0.6) is 0 Å². The number of anilines is 3. The Balaban J connectivity index is 1.37. The molecule has 2 aromatic rings. The summed E-state index contributed by atoms with van der Waals surface area (Å²) in [5.74, 6) is -1.21. The van der Waals surface area contributed by atoms with Gasteiger partial charge in [0.2, 0.25) is 27.7 Å². The topological polar surface area (TPSA) is 125 Å². The van der Waals surface area contributed by atoms with Crippen LogP contribution in [-0.4, -0.2) is 63.3 Å². The maximum atomic E-state index is 12.8. The molecule has 2 saturated heterocycles. The van der Waals surface area contributed by atoms with E-state index in [-0.39, 0.29) is 35.6 Å². The van der Waals surface area contributed by atoms with Crippen LogP contribution in [0.3, 0.4) is 0 Å². The van der Waals surface area contributed by atoms with Gasteiger partial charge in [0.25, 0.3) is 0 Å². The Morgan fingerprint density at radius 3 is 2.15 bits per heavy atom. The SMILES string of the molecule is CC(=O)Nc1ccc(N2CC(C(=O)Nc3ccc(S(=O)(=O)N4CCOCC4)cc3)CC2=O)cc1. The normalized spacial score (nSPS) is 19.1. The number of carbonyl (C=O) groups excluding carboxylic acids is 3. The van der Waals surface area contributed by atoms with E-state index in [4.69, 9.17) is 4.74 Å². The van der Waals surface area contributed by atoms with Crippen LogP contribution in [0, 0.1) is 5.92 Å². The van der Waals surface area contributed by atoms with E-state index in [1.54, 1.807) is 41.3 Å². The van der Waals surface area contributed by atoms with Crippen LogP contribution in [0.4, 0.5) is 17.1 Å². The van der Waals surface area contributed by atoms with Gasteiger partial charge in [-0.25, -0.2) is 8.42 Å². The summed E-state index contributed by atoms with van der Waals surface area (Å²) < 4.78 is 32.0. The summed E-state index contributed by atoms with van der Waals surface area (Å²) in [7, 11) is -3.61. The summed E-state index contributed by atoms with van der Waals surface area (Å²) in [6.45, 7) is 2.99. The molecule has 11 heteroatoms. The molecular formula is C23H26N4O6S. The zero-order valence-electron chi connectivity index (χ0n) is 18.7. The number of hydrogen-bond acceptors (Lipinski definition) is 6. The van der Waals surface area contributed by atoms with Crippen molar-refractivity contribution in [2.45, 2.75) is 18.2 Å². The zero-order valence-corrected chi connectivity index (χ0v) is 19.5. The van der Waals surface area contributed by atoms with Gasteiger partial charge in [0.1, 0.15) is 0 Å². The Morgan fingerprint density at radius 2 is 1.53 bits per heavy atom. The predicted octanol–water partition coefficient (Wildman–Crippen LogP) is 1.66. The van der Waals surface area contributed by atoms with E-state index in [2.05, 4.69) is 10.6 Å². The zero-order chi connectivity index (χ0) is 24.3. The van der Waals surface area contributed by atoms with Gasteiger partial charge in [0.05, 0.1) is 24.0 Å². The molecule has 2 aliphatic rings. The number of carbonyl (C=O) groups is 3. The number of rotatable bonds is 6. The molecule has 0 saturated carbocycles. The van der Waals surface area contributed by atoms with Gasteiger partial charge >= 0.3 is 0 Å². The Labute approximate surface area is 197 Å². The Bertz CT molecular complexity index is 1170. The molecule has 2 aliphatic heterocycles. The highest BCUT2D eigenvalue weighted by Crippen LogP contribution is 2.27. The van der Waals surface area contributed by atoms with E-state index in [1.807, 2.05) is 0 Å². The highest BCUT2D eigenvalue weighted by molar-refractivity contribution is 7.89. The van der Waals surface area contributed by atoms with E-state index in [0.29, 0.717) is 43.4 Å². The van der Waals surface area contributed by atoms with Crippen molar-refractivity contribution >= 4 is 44.8 Å². The highest BCUT2D eigenvalue weighted by atomic mass is 32.2. The largest absolute Gasteiger partial charge is 0.379 e. The lowest BCUT2D eigenvalue weighted by molar-refractivity contribution is -0.122. The number of ether oxygens (including phenoxy) is 1. The van der Waals surface area contributed by atoms with Gasteiger partial charge in [-0.2, -0.15) is 4.31 Å². The fourth-order valence-electron chi connectivity index (χ4n) is 3.95. The van der Waals surface area contributed by atoms with E-state index in [0.717, 1.165) is 0 Å². The monoisotopic (exact) mass is 486 g/mol. The lowest BCUT2D eigenvalue weighted by Gasteiger charge is -2.26. The summed E-state index contributed by atoms with van der Waals surface area (Å²) in [5, 5.41) is 5.44. The van der Waals surface area contributed by atoms with Gasteiger partial charge in [-0.3, -0.25) is 14.4 Å². The van der Waals surface area contributed by atoms with Crippen LogP contribution in [0.15, 0.2) is 53.4 Å². The van der Waals surface area contributed by atoms with Crippen molar-refractivity contribution in [3.8, 4) is 0 Å². The second kappa shape index (κ2) is 9.92. The summed E-state index contributed by atoms with van der Waals surface area (Å²) >= 11 is 0. The van der Waals surface area contributed by atoms with Crippen molar-refractivity contribution in [1.29, 1.82) is 0 Å². The molecule has 0 aromatic heterocycles. The van der Waals surface area contributed by atoms with Crippen LogP contribution in [0.25, 0.3) is 0 Å². The molecule has 0 bridgehead atoms. The summed E-state index contributed by atoms with van der Waals surface area (Å²) in [5.41, 5.74) is 1.72. The first-order valence-corrected chi connectivity index (χ1v) is 12.3. The van der Waals surface area contributed by atoms with Gasteiger partial charge in [0.15, 0.2) is 0 Å². The average Bonchev–Trinajstić information content (AvgIpc) is 3.22. The van der Waals surface area contributed by atoms with Crippen LogP contribution in [-0.2, 0) is 29.1 Å². The molecule has 3 amide bonds. The molecule has 2 heterocycles. The first kappa shape index (κ1) is 23.9. The number of nitrogens with one attached hydrogen (secondary N) is 2. The first-order valence-electron chi connectivity index (χ1n) is 10.9. The van der Waals surface area contributed by atoms with E-state index in [9.17, 15) is 22.8 Å². The standard InChI is InChI=1S/C23H26N4O6S/c1-16(28)24-18-2-6-20(7-3-18)27-15-17(14-22(27)29)23(30)25-19-4-8-21(9-5-19)34(31,32)26-10-12-33-13-11-26/h2-9,17H,10-15H2,1H3,(H,24,28)(H,25,30). The molecule has 4 rings (SSSR count). The number of amides is 3. The third kappa shape index (κ3) is 5.27. The van der Waals surface area contributed by atoms with Crippen LogP contribution in [0.1, 0.15) is 13.3 Å². The van der Waals surface area contributed by atoms with E-state index < -0.39 is 15.9 Å². The van der Waals surface area contributed by atoms with Gasteiger partial charge in [-0.15, -0.1) is 0 Å². The second-order valence-corrected chi connectivity index (χ2v) is 10.1. The number of sulfonamides is 1. The van der Waals surface area contributed by atoms with Crippen LogP contribution in [0.2, 0.25) is 0 Å². The minimum Gasteiger partial charge on any atom is -0.379 e. The van der Waals surface area contributed by atoms with Crippen molar-refractivity contribution < 1.29 is 27.5 Å². The quantitative estimate of drug-likeness (QED) is 0.640. The molecule has 2 aromatic carbocycles. The minimum absolute atomic E-state index is 0.0722. The Hall–Kier alpha value is -3.28. The maximum absolute atomic E-state index is 12.8. The molecule has 2 N–H and O–H groups in total. The summed E-state index contributed by atoms with van der Waals surface area (Å²) in [6.07, 6.45) is 0.0722. The van der Waals surface area contributed by atoms with Gasteiger partial charge in [0, 0.05) is 50.0 Å². The molecule has 2 fully saturated rings. The van der Waals surface area contributed by atoms with Gasteiger partial charge in [-0.05, 0) is 48.5 Å². The van der Waals surface area contributed by atoms with Crippen LogP contribution >= 0.6 is 0 Å². The van der Waals surface area contributed by atoms with Crippen molar-refractivity contribution in [1.82, 2.24) is 4.31 Å². The average molecular weight is 487 g/mol. The lowest BCUT2D eigenvalue weighted by atomic mass is 10.1. The first-order chi connectivity index (χ1) is 16.2. The highest BCUT2D eigenvalue weighted by Gasteiger charge is 2.35. The van der Waals surface area contributed by atoms with Gasteiger partial charge in [-0.1, -0.05) is 0 Å². The predicted molar refractivity (Wildman–Crippen MR) is 126 cm³/mol. The Morgan fingerprint density at radius 1 is 0.941 bits per heavy atom. The van der Waals surface area contributed by atoms with E-state index >= 15 is 0 Å². The maximum Gasteiger partial charge on any atom is 0.243 e. The molecule has 0 aliphatic carbocycles. The van der Waals surface area contributed by atoms with E-state index in [1.165, 1.54) is 23.4 Å². The second-order valence-electron chi connectivity index (χ2n) is 8.16. The summed E-state index contributed by atoms with van der Waals surface area (Å²) in [4.78, 5) is 38.1. The number of morpholine rings is 1. The Kier molecular flexibility index (Phi) is 6.96. The van der Waals surface area contributed by atoms with Crippen molar-refractivity contribution in [2.24, 2.45) is 5.92 Å². The number of benzene rings is 2. The lowest BCUT2D eigenvalue weighted by Crippen LogP contribution is -2.40. The number of hydrogen-bond donors (Lipinski definition) is 2. The van der Waals surface area contributed by atoms with Crippen molar-refractivity contribution in [2.75, 3.05) is 48.4 Å². The fourth-order valence-corrected chi connectivity index (χ4v) is 5.36. The summed E-state index contributed by atoms with van der Waals surface area (Å²) in [6, 6.07) is 12.8. The molecule has 10 nitrogen and oxygen atoms in total.